The maximum absolute atomic E-state index is 5.60. The Balaban J connectivity index is 2.32. The Hall–Kier alpha value is -1.79. The molecule has 1 unspecified atom stereocenters. The van der Waals surface area contributed by atoms with Gasteiger partial charge in [0.25, 0.3) is 0 Å². The normalized spacial score (nSPS) is 12.6. The maximum Gasteiger partial charge on any atom is 0.133 e. The Morgan fingerprint density at radius 1 is 1.41 bits per heavy atom. The van der Waals surface area contributed by atoms with Crippen molar-refractivity contribution < 1.29 is 0 Å². The van der Waals surface area contributed by atoms with E-state index in [1.165, 1.54) is 6.33 Å². The molecule has 1 atom stereocenters. The summed E-state index contributed by atoms with van der Waals surface area (Å²) in [6.45, 7) is 3.04. The van der Waals surface area contributed by atoms with Crippen molar-refractivity contribution in [3.63, 3.8) is 0 Å². The minimum atomic E-state index is -0.209. The standard InChI is InChI=1S/C11H16N6/c1-2-6-17-7-5-14-11(17)10(16-12)9-3-4-13-8-15-9/h3-5,7-8,10,16H,2,6,12H2,1H3. The lowest BCUT2D eigenvalue weighted by molar-refractivity contribution is 0.535. The summed E-state index contributed by atoms with van der Waals surface area (Å²) in [5.74, 6) is 6.47. The highest BCUT2D eigenvalue weighted by Gasteiger charge is 2.18. The smallest absolute Gasteiger partial charge is 0.133 e. The lowest BCUT2D eigenvalue weighted by atomic mass is 10.2. The van der Waals surface area contributed by atoms with Crippen LogP contribution < -0.4 is 11.3 Å². The molecule has 0 bridgehead atoms. The molecule has 0 aliphatic heterocycles. The minimum absolute atomic E-state index is 0.209. The zero-order chi connectivity index (χ0) is 12.1. The molecule has 0 aliphatic rings. The molecular weight excluding hydrogens is 216 g/mol. The summed E-state index contributed by atoms with van der Waals surface area (Å²) in [6, 6.07) is 1.62. The van der Waals surface area contributed by atoms with Gasteiger partial charge in [0.1, 0.15) is 18.2 Å². The zero-order valence-corrected chi connectivity index (χ0v) is 9.74. The second-order valence-electron chi connectivity index (χ2n) is 3.71. The van der Waals surface area contributed by atoms with E-state index < -0.39 is 0 Å². The molecule has 90 valence electrons. The molecule has 0 aromatic carbocycles. The van der Waals surface area contributed by atoms with Gasteiger partial charge >= 0.3 is 0 Å². The molecular formula is C11H16N6. The molecule has 0 spiro atoms. The zero-order valence-electron chi connectivity index (χ0n) is 9.74. The number of aryl methyl sites for hydroxylation is 1. The van der Waals surface area contributed by atoms with Crippen LogP contribution in [0.5, 0.6) is 0 Å². The van der Waals surface area contributed by atoms with E-state index >= 15 is 0 Å². The van der Waals surface area contributed by atoms with E-state index in [4.69, 9.17) is 5.84 Å². The van der Waals surface area contributed by atoms with Gasteiger partial charge in [-0.1, -0.05) is 6.92 Å². The fourth-order valence-corrected chi connectivity index (χ4v) is 1.77. The first kappa shape index (κ1) is 11.7. The third-order valence-electron chi connectivity index (χ3n) is 2.54. The van der Waals surface area contributed by atoms with E-state index in [0.29, 0.717) is 0 Å². The number of hydrazine groups is 1. The maximum atomic E-state index is 5.60. The highest BCUT2D eigenvalue weighted by atomic mass is 15.3. The topological polar surface area (TPSA) is 81.7 Å². The van der Waals surface area contributed by atoms with Crippen LogP contribution in [0.4, 0.5) is 0 Å². The number of imidazole rings is 1. The van der Waals surface area contributed by atoms with Gasteiger partial charge in [0.2, 0.25) is 0 Å². The monoisotopic (exact) mass is 232 g/mol. The van der Waals surface area contributed by atoms with Crippen LogP contribution in [0.3, 0.4) is 0 Å². The van der Waals surface area contributed by atoms with Gasteiger partial charge < -0.3 is 4.57 Å². The van der Waals surface area contributed by atoms with Gasteiger partial charge in [0.15, 0.2) is 0 Å². The van der Waals surface area contributed by atoms with Gasteiger partial charge in [-0.15, -0.1) is 0 Å². The summed E-state index contributed by atoms with van der Waals surface area (Å²) in [4.78, 5) is 12.4. The number of hydrogen-bond acceptors (Lipinski definition) is 5. The second-order valence-corrected chi connectivity index (χ2v) is 3.71. The van der Waals surface area contributed by atoms with Crippen molar-refractivity contribution >= 4 is 0 Å². The molecule has 0 fully saturated rings. The Kier molecular flexibility index (Phi) is 3.79. The van der Waals surface area contributed by atoms with Crippen molar-refractivity contribution in [3.8, 4) is 0 Å². The second kappa shape index (κ2) is 5.51. The summed E-state index contributed by atoms with van der Waals surface area (Å²) in [7, 11) is 0. The largest absolute Gasteiger partial charge is 0.333 e. The van der Waals surface area contributed by atoms with Gasteiger partial charge in [-0.05, 0) is 12.5 Å². The summed E-state index contributed by atoms with van der Waals surface area (Å²) >= 11 is 0. The number of nitrogens with one attached hydrogen (secondary N) is 1. The molecule has 6 heteroatoms. The Morgan fingerprint density at radius 2 is 2.29 bits per heavy atom. The van der Waals surface area contributed by atoms with Crippen molar-refractivity contribution in [2.75, 3.05) is 0 Å². The number of nitrogens with two attached hydrogens (primary N) is 1. The predicted octanol–water partition coefficient (Wildman–Crippen LogP) is 0.636. The fourth-order valence-electron chi connectivity index (χ4n) is 1.77. The first-order valence-electron chi connectivity index (χ1n) is 5.60. The van der Waals surface area contributed by atoms with Gasteiger partial charge in [-0.2, -0.15) is 0 Å². The molecule has 2 rings (SSSR count). The van der Waals surface area contributed by atoms with E-state index in [2.05, 4.69) is 31.9 Å². The lowest BCUT2D eigenvalue weighted by Gasteiger charge is -2.16. The number of nitrogens with zero attached hydrogens (tertiary/aromatic N) is 4. The lowest BCUT2D eigenvalue weighted by Crippen LogP contribution is -2.31. The van der Waals surface area contributed by atoms with Gasteiger partial charge in [-0.25, -0.2) is 20.4 Å². The predicted molar refractivity (Wildman–Crippen MR) is 63.7 cm³/mol. The minimum Gasteiger partial charge on any atom is -0.333 e. The van der Waals surface area contributed by atoms with Crippen LogP contribution in [0.25, 0.3) is 0 Å². The van der Waals surface area contributed by atoms with Crippen molar-refractivity contribution in [2.45, 2.75) is 25.9 Å². The molecule has 2 heterocycles. The molecule has 0 saturated heterocycles. The molecule has 0 amide bonds. The van der Waals surface area contributed by atoms with Crippen LogP contribution in [-0.4, -0.2) is 19.5 Å². The van der Waals surface area contributed by atoms with Crippen LogP contribution in [0.15, 0.2) is 31.0 Å². The van der Waals surface area contributed by atoms with E-state index in [1.807, 2.05) is 12.3 Å². The fraction of sp³-hybridized carbons (Fsp3) is 0.364. The first-order valence-corrected chi connectivity index (χ1v) is 5.60. The molecule has 6 nitrogen and oxygen atoms in total. The number of rotatable bonds is 5. The molecule has 17 heavy (non-hydrogen) atoms. The van der Waals surface area contributed by atoms with E-state index in [9.17, 15) is 0 Å². The third-order valence-corrected chi connectivity index (χ3v) is 2.54. The summed E-state index contributed by atoms with van der Waals surface area (Å²) in [6.07, 6.45) is 7.97. The van der Waals surface area contributed by atoms with Crippen molar-refractivity contribution in [2.24, 2.45) is 5.84 Å². The Morgan fingerprint density at radius 3 is 2.94 bits per heavy atom. The molecule has 0 radical (unpaired) electrons. The van der Waals surface area contributed by atoms with Crippen molar-refractivity contribution in [1.29, 1.82) is 0 Å². The van der Waals surface area contributed by atoms with Crippen molar-refractivity contribution in [3.05, 3.63) is 42.5 Å². The Bertz CT molecular complexity index is 452. The van der Waals surface area contributed by atoms with Crippen LogP contribution in [0.1, 0.15) is 30.9 Å². The van der Waals surface area contributed by atoms with E-state index in [1.54, 1.807) is 12.4 Å². The van der Waals surface area contributed by atoms with Crippen molar-refractivity contribution in [1.82, 2.24) is 24.9 Å². The number of aromatic nitrogens is 4. The quantitative estimate of drug-likeness (QED) is 0.584. The summed E-state index contributed by atoms with van der Waals surface area (Å²) in [5, 5.41) is 0. The van der Waals surface area contributed by atoms with Crippen LogP contribution in [0, 0.1) is 0 Å². The highest BCUT2D eigenvalue weighted by Crippen LogP contribution is 2.17. The average molecular weight is 232 g/mol. The highest BCUT2D eigenvalue weighted by molar-refractivity contribution is 5.16. The first-order chi connectivity index (χ1) is 8.36. The number of hydrogen-bond donors (Lipinski definition) is 2. The van der Waals surface area contributed by atoms with Crippen LogP contribution in [0.2, 0.25) is 0 Å². The molecule has 0 aliphatic carbocycles. The van der Waals surface area contributed by atoms with Gasteiger partial charge in [0.05, 0.1) is 5.69 Å². The van der Waals surface area contributed by atoms with Crippen LogP contribution >= 0.6 is 0 Å². The SMILES string of the molecule is CCCn1ccnc1C(NN)c1ccncn1. The van der Waals surface area contributed by atoms with Crippen LogP contribution in [-0.2, 0) is 6.54 Å². The molecule has 0 saturated carbocycles. The van der Waals surface area contributed by atoms with Gasteiger partial charge in [-0.3, -0.25) is 5.84 Å². The summed E-state index contributed by atoms with van der Waals surface area (Å²) in [5.41, 5.74) is 3.56. The average Bonchev–Trinajstić information content (AvgIpc) is 2.81. The van der Waals surface area contributed by atoms with E-state index in [0.717, 1.165) is 24.5 Å². The summed E-state index contributed by atoms with van der Waals surface area (Å²) < 4.78 is 2.08. The van der Waals surface area contributed by atoms with E-state index in [-0.39, 0.29) is 6.04 Å². The molecule has 2 aromatic rings. The Labute approximate surface area is 99.9 Å². The molecule has 2 aromatic heterocycles. The molecule has 3 N–H and O–H groups in total. The van der Waals surface area contributed by atoms with Gasteiger partial charge in [0, 0.05) is 25.1 Å². The third kappa shape index (κ3) is 2.48.